The molecule has 0 aromatic carbocycles. The smallest absolute Gasteiger partial charge is 0.244 e. The fraction of sp³-hybridized carbons (Fsp3) is 0.0769. The van der Waals surface area contributed by atoms with Gasteiger partial charge in [-0.3, -0.25) is 9.78 Å². The lowest BCUT2D eigenvalue weighted by Crippen LogP contribution is -2.20. The minimum absolute atomic E-state index is 0.108. The number of nitrogens with one attached hydrogen (secondary N) is 1. The fourth-order valence-electron chi connectivity index (χ4n) is 1.33. The number of hydrogen-bond acceptors (Lipinski definition) is 3. The number of nitrogens with zero attached hydrogens (tertiary/aromatic N) is 1. The first-order valence-corrected chi connectivity index (χ1v) is 6.95. The third kappa shape index (κ3) is 4.09. The van der Waals surface area contributed by atoms with Gasteiger partial charge in [0.1, 0.15) is 0 Å². The van der Waals surface area contributed by atoms with E-state index < -0.39 is 0 Å². The molecule has 0 aliphatic carbocycles. The zero-order chi connectivity index (χ0) is 12.8. The number of carbonyl (C=O) groups excluding carboxylic acids is 1. The van der Waals surface area contributed by atoms with E-state index in [4.69, 9.17) is 0 Å². The fourth-order valence-corrected chi connectivity index (χ4v) is 2.65. The molecule has 92 valence electrons. The van der Waals surface area contributed by atoms with Gasteiger partial charge in [0.05, 0.1) is 3.79 Å². The number of hydrogen-bond donors (Lipinski definition) is 1. The topological polar surface area (TPSA) is 42.0 Å². The van der Waals surface area contributed by atoms with Gasteiger partial charge >= 0.3 is 0 Å². The molecule has 0 spiro atoms. The molecule has 2 aromatic rings. The molecular weight excluding hydrogens is 312 g/mol. The maximum Gasteiger partial charge on any atom is 0.244 e. The van der Waals surface area contributed by atoms with Crippen LogP contribution in [0.5, 0.6) is 0 Å². The Morgan fingerprint density at radius 3 is 3.00 bits per heavy atom. The van der Waals surface area contributed by atoms with E-state index in [9.17, 15) is 4.79 Å². The molecule has 2 rings (SSSR count). The summed E-state index contributed by atoms with van der Waals surface area (Å²) >= 11 is 4.96. The van der Waals surface area contributed by atoms with E-state index in [1.165, 1.54) is 6.08 Å². The maximum absolute atomic E-state index is 11.6. The first-order chi connectivity index (χ1) is 8.74. The van der Waals surface area contributed by atoms with Gasteiger partial charge in [-0.1, -0.05) is 6.07 Å². The van der Waals surface area contributed by atoms with Crippen molar-refractivity contribution in [2.75, 3.05) is 0 Å². The van der Waals surface area contributed by atoms with Crippen molar-refractivity contribution < 1.29 is 4.79 Å². The van der Waals surface area contributed by atoms with E-state index in [0.717, 1.165) is 14.2 Å². The van der Waals surface area contributed by atoms with Crippen LogP contribution in [0.2, 0.25) is 0 Å². The molecule has 5 heteroatoms. The molecule has 0 unspecified atom stereocenters. The maximum atomic E-state index is 11.6. The van der Waals surface area contributed by atoms with E-state index in [2.05, 4.69) is 26.2 Å². The summed E-state index contributed by atoms with van der Waals surface area (Å²) in [4.78, 5) is 16.6. The molecule has 0 atom stereocenters. The molecule has 0 aliphatic rings. The van der Waals surface area contributed by atoms with E-state index in [1.807, 2.05) is 24.3 Å². The van der Waals surface area contributed by atoms with Crippen molar-refractivity contribution in [3.63, 3.8) is 0 Å². The van der Waals surface area contributed by atoms with E-state index >= 15 is 0 Å². The number of halogens is 1. The SMILES string of the molecule is O=C(/C=C/c1ccc(Br)s1)NCc1cccnc1. The lowest BCUT2D eigenvalue weighted by Gasteiger charge is -2.00. The molecule has 0 saturated carbocycles. The number of thiophene rings is 1. The number of carbonyl (C=O) groups is 1. The average Bonchev–Trinajstić information content (AvgIpc) is 2.81. The van der Waals surface area contributed by atoms with Crippen molar-refractivity contribution in [3.8, 4) is 0 Å². The summed E-state index contributed by atoms with van der Waals surface area (Å²) in [6, 6.07) is 7.69. The van der Waals surface area contributed by atoms with Crippen LogP contribution in [-0.4, -0.2) is 10.9 Å². The minimum atomic E-state index is -0.108. The first-order valence-electron chi connectivity index (χ1n) is 5.34. The predicted octanol–water partition coefficient (Wildman–Crippen LogP) is 3.24. The Labute approximate surface area is 118 Å². The molecule has 1 N–H and O–H groups in total. The van der Waals surface area contributed by atoms with Crippen LogP contribution in [0.1, 0.15) is 10.4 Å². The van der Waals surface area contributed by atoms with Crippen molar-refractivity contribution in [2.24, 2.45) is 0 Å². The Balaban J connectivity index is 1.84. The van der Waals surface area contributed by atoms with Crippen LogP contribution in [0, 0.1) is 0 Å². The van der Waals surface area contributed by atoms with Gasteiger partial charge in [-0.05, 0) is 45.8 Å². The Hall–Kier alpha value is -1.46. The molecule has 0 fully saturated rings. The zero-order valence-corrected chi connectivity index (χ0v) is 11.9. The summed E-state index contributed by atoms with van der Waals surface area (Å²) < 4.78 is 1.05. The van der Waals surface area contributed by atoms with Gasteiger partial charge in [-0.25, -0.2) is 0 Å². The molecule has 2 aromatic heterocycles. The van der Waals surface area contributed by atoms with Crippen molar-refractivity contribution >= 4 is 39.2 Å². The molecule has 1 amide bonds. The second kappa shape index (κ2) is 6.47. The molecule has 0 aliphatic heterocycles. The van der Waals surface area contributed by atoms with Crippen LogP contribution in [0.3, 0.4) is 0 Å². The van der Waals surface area contributed by atoms with Gasteiger partial charge in [0, 0.05) is 29.9 Å². The standard InChI is InChI=1S/C13H11BrN2OS/c14-12-5-3-11(18-12)4-6-13(17)16-9-10-2-1-7-15-8-10/h1-8H,9H2,(H,16,17)/b6-4+. The Morgan fingerprint density at radius 1 is 1.44 bits per heavy atom. The number of amides is 1. The second-order valence-electron chi connectivity index (χ2n) is 3.55. The van der Waals surface area contributed by atoms with E-state index in [0.29, 0.717) is 6.54 Å². The summed E-state index contributed by atoms with van der Waals surface area (Å²) in [6.07, 6.45) is 6.78. The van der Waals surface area contributed by atoms with Crippen LogP contribution >= 0.6 is 27.3 Å². The lowest BCUT2D eigenvalue weighted by atomic mass is 10.3. The van der Waals surface area contributed by atoms with Crippen molar-refractivity contribution in [2.45, 2.75) is 6.54 Å². The van der Waals surface area contributed by atoms with Crippen LogP contribution in [-0.2, 0) is 11.3 Å². The van der Waals surface area contributed by atoms with Gasteiger partial charge in [-0.2, -0.15) is 0 Å². The second-order valence-corrected chi connectivity index (χ2v) is 6.05. The Morgan fingerprint density at radius 2 is 2.33 bits per heavy atom. The predicted molar refractivity (Wildman–Crippen MR) is 77.1 cm³/mol. The summed E-state index contributed by atoms with van der Waals surface area (Å²) in [6.45, 7) is 0.491. The van der Waals surface area contributed by atoms with Gasteiger partial charge in [0.2, 0.25) is 5.91 Å². The highest BCUT2D eigenvalue weighted by atomic mass is 79.9. The number of pyridine rings is 1. The largest absolute Gasteiger partial charge is 0.348 e. The lowest BCUT2D eigenvalue weighted by molar-refractivity contribution is -0.116. The summed E-state index contributed by atoms with van der Waals surface area (Å²) in [5.74, 6) is -0.108. The summed E-state index contributed by atoms with van der Waals surface area (Å²) in [5.41, 5.74) is 0.984. The monoisotopic (exact) mass is 322 g/mol. The molecular formula is C13H11BrN2OS. The van der Waals surface area contributed by atoms with Gasteiger partial charge in [0.25, 0.3) is 0 Å². The first kappa shape index (κ1) is 13.0. The van der Waals surface area contributed by atoms with Crippen molar-refractivity contribution in [3.05, 3.63) is 57.0 Å². The van der Waals surface area contributed by atoms with Crippen molar-refractivity contribution in [1.29, 1.82) is 0 Å². The van der Waals surface area contributed by atoms with E-state index in [-0.39, 0.29) is 5.91 Å². The quantitative estimate of drug-likeness (QED) is 0.878. The summed E-state index contributed by atoms with van der Waals surface area (Å²) in [5, 5.41) is 2.80. The number of rotatable bonds is 4. The average molecular weight is 323 g/mol. The Kier molecular flexibility index (Phi) is 4.66. The van der Waals surface area contributed by atoms with Crippen LogP contribution in [0.15, 0.2) is 46.5 Å². The minimum Gasteiger partial charge on any atom is -0.348 e. The normalized spacial score (nSPS) is 10.7. The van der Waals surface area contributed by atoms with Crippen LogP contribution < -0.4 is 5.32 Å². The van der Waals surface area contributed by atoms with Crippen LogP contribution in [0.4, 0.5) is 0 Å². The van der Waals surface area contributed by atoms with Crippen LogP contribution in [0.25, 0.3) is 6.08 Å². The third-order valence-corrected chi connectivity index (χ3v) is 3.77. The summed E-state index contributed by atoms with van der Waals surface area (Å²) in [7, 11) is 0. The molecule has 0 bridgehead atoms. The molecule has 18 heavy (non-hydrogen) atoms. The molecule has 0 radical (unpaired) electrons. The third-order valence-electron chi connectivity index (χ3n) is 2.18. The van der Waals surface area contributed by atoms with E-state index in [1.54, 1.807) is 29.8 Å². The highest BCUT2D eigenvalue weighted by Gasteiger charge is 1.97. The molecule has 3 nitrogen and oxygen atoms in total. The number of aromatic nitrogens is 1. The van der Waals surface area contributed by atoms with Gasteiger partial charge in [-0.15, -0.1) is 11.3 Å². The highest BCUT2D eigenvalue weighted by Crippen LogP contribution is 2.22. The molecule has 0 saturated heterocycles. The van der Waals surface area contributed by atoms with Gasteiger partial charge in [0.15, 0.2) is 0 Å². The molecule has 2 heterocycles. The zero-order valence-electron chi connectivity index (χ0n) is 9.47. The Bertz CT molecular complexity index is 551. The van der Waals surface area contributed by atoms with Gasteiger partial charge < -0.3 is 5.32 Å². The van der Waals surface area contributed by atoms with Crippen molar-refractivity contribution in [1.82, 2.24) is 10.3 Å². The highest BCUT2D eigenvalue weighted by molar-refractivity contribution is 9.11.